The van der Waals surface area contributed by atoms with Gasteiger partial charge in [0.25, 0.3) is 0 Å². The van der Waals surface area contributed by atoms with Gasteiger partial charge < -0.3 is 5.73 Å². The van der Waals surface area contributed by atoms with Gasteiger partial charge in [0.1, 0.15) is 0 Å². The van der Waals surface area contributed by atoms with Crippen LogP contribution >= 0.6 is 15.9 Å². The van der Waals surface area contributed by atoms with Gasteiger partial charge in [0.05, 0.1) is 4.90 Å². The van der Waals surface area contributed by atoms with Crippen molar-refractivity contribution in [1.82, 2.24) is 4.72 Å². The van der Waals surface area contributed by atoms with Gasteiger partial charge in [0.2, 0.25) is 10.0 Å². The van der Waals surface area contributed by atoms with E-state index in [1.807, 2.05) is 0 Å². The maximum Gasteiger partial charge on any atom is 0.389 e. The molecule has 0 aliphatic heterocycles. The molecule has 0 aliphatic carbocycles. The largest absolute Gasteiger partial charge is 0.389 e. The lowest BCUT2D eigenvalue weighted by molar-refractivity contribution is -0.135. The summed E-state index contributed by atoms with van der Waals surface area (Å²) in [6.45, 7) is 1.61. The molecule has 21 heavy (non-hydrogen) atoms. The molecule has 0 fully saturated rings. The molecule has 120 valence electrons. The van der Waals surface area contributed by atoms with Crippen LogP contribution < -0.4 is 10.5 Å². The highest BCUT2D eigenvalue weighted by Crippen LogP contribution is 2.27. The molecule has 1 aromatic rings. The number of hydrogen-bond acceptors (Lipinski definition) is 3. The summed E-state index contributed by atoms with van der Waals surface area (Å²) in [5, 5.41) is 0. The van der Waals surface area contributed by atoms with Crippen LogP contribution in [-0.2, 0) is 16.6 Å². The second-order valence-electron chi connectivity index (χ2n) is 4.55. The fourth-order valence-corrected chi connectivity index (χ4v) is 3.84. The average molecular weight is 389 g/mol. The number of nitrogens with two attached hydrogens (primary N) is 1. The van der Waals surface area contributed by atoms with Crippen LogP contribution in [0.3, 0.4) is 0 Å². The molecule has 0 saturated heterocycles. The minimum absolute atomic E-state index is 0.0186. The number of nitrogens with one attached hydrogen (secondary N) is 1. The molecule has 0 atom stereocenters. The summed E-state index contributed by atoms with van der Waals surface area (Å²) in [5.74, 6) is 0. The molecule has 4 nitrogen and oxygen atoms in total. The lowest BCUT2D eigenvalue weighted by atomic mass is 10.1. The van der Waals surface area contributed by atoms with Gasteiger partial charge in [-0.3, -0.25) is 0 Å². The molecule has 0 radical (unpaired) electrons. The minimum atomic E-state index is -4.29. The Balaban J connectivity index is 2.86. The van der Waals surface area contributed by atoms with Crippen molar-refractivity contribution < 1.29 is 21.6 Å². The van der Waals surface area contributed by atoms with Crippen molar-refractivity contribution in [3.63, 3.8) is 0 Å². The van der Waals surface area contributed by atoms with Crippen molar-refractivity contribution in [2.75, 3.05) is 6.54 Å². The molecule has 0 spiro atoms. The monoisotopic (exact) mass is 388 g/mol. The van der Waals surface area contributed by atoms with Crippen LogP contribution in [0.1, 0.15) is 24.0 Å². The number of halogens is 4. The van der Waals surface area contributed by atoms with Gasteiger partial charge in [-0.25, -0.2) is 13.1 Å². The molecule has 1 rings (SSSR count). The van der Waals surface area contributed by atoms with Crippen LogP contribution in [0.25, 0.3) is 0 Å². The highest BCUT2D eigenvalue weighted by Gasteiger charge is 2.26. The number of hydrogen-bond donors (Lipinski definition) is 2. The van der Waals surface area contributed by atoms with Gasteiger partial charge in [-0.1, -0.05) is 6.07 Å². The molecular formula is C12H16BrF3N2O2S. The predicted molar refractivity (Wildman–Crippen MR) is 77.2 cm³/mol. The van der Waals surface area contributed by atoms with Crippen molar-refractivity contribution >= 4 is 26.0 Å². The van der Waals surface area contributed by atoms with E-state index < -0.39 is 22.6 Å². The van der Waals surface area contributed by atoms with E-state index in [9.17, 15) is 21.6 Å². The van der Waals surface area contributed by atoms with Gasteiger partial charge in [-0.2, -0.15) is 13.2 Å². The van der Waals surface area contributed by atoms with Gasteiger partial charge in [-0.05, 0) is 46.5 Å². The predicted octanol–water partition coefficient (Wildman–Crippen LogP) is 2.84. The molecule has 0 heterocycles. The third kappa shape index (κ3) is 5.57. The fraction of sp³-hybridized carbons (Fsp3) is 0.500. The van der Waals surface area contributed by atoms with E-state index in [2.05, 4.69) is 20.7 Å². The molecule has 9 heteroatoms. The van der Waals surface area contributed by atoms with Crippen molar-refractivity contribution in [1.29, 1.82) is 0 Å². The lowest BCUT2D eigenvalue weighted by Crippen LogP contribution is -2.26. The Morgan fingerprint density at radius 3 is 2.48 bits per heavy atom. The second kappa shape index (κ2) is 7.08. The Morgan fingerprint density at radius 1 is 1.33 bits per heavy atom. The number of aryl methyl sites for hydroxylation is 1. The number of sulfonamides is 1. The zero-order valence-corrected chi connectivity index (χ0v) is 13.7. The number of alkyl halides is 3. The molecule has 3 N–H and O–H groups in total. The van der Waals surface area contributed by atoms with Crippen molar-refractivity contribution in [2.24, 2.45) is 5.73 Å². The van der Waals surface area contributed by atoms with E-state index in [-0.39, 0.29) is 24.4 Å². The standard InChI is InChI=1S/C12H16BrF3N2O2S/c1-8-5-9(7-17)6-10(11(8)13)21(19,20)18-4-2-3-12(14,15)16/h5-6,18H,2-4,7,17H2,1H3. The smallest absolute Gasteiger partial charge is 0.326 e. The van der Waals surface area contributed by atoms with Gasteiger partial charge in [-0.15, -0.1) is 0 Å². The Hall–Kier alpha value is -0.640. The summed E-state index contributed by atoms with van der Waals surface area (Å²) in [4.78, 5) is -0.0186. The molecule has 0 amide bonds. The third-order valence-electron chi connectivity index (χ3n) is 2.74. The van der Waals surface area contributed by atoms with Gasteiger partial charge >= 0.3 is 6.18 Å². The second-order valence-corrected chi connectivity index (χ2v) is 7.07. The minimum Gasteiger partial charge on any atom is -0.326 e. The molecule has 0 saturated carbocycles. The van der Waals surface area contributed by atoms with E-state index in [0.717, 1.165) is 0 Å². The van der Waals surface area contributed by atoms with Crippen LogP contribution in [0.15, 0.2) is 21.5 Å². The summed E-state index contributed by atoms with van der Waals surface area (Å²) in [5.41, 5.74) is 6.81. The molecule has 0 unspecified atom stereocenters. The first-order valence-electron chi connectivity index (χ1n) is 6.12. The first kappa shape index (κ1) is 18.4. The van der Waals surface area contributed by atoms with E-state index in [1.54, 1.807) is 13.0 Å². The van der Waals surface area contributed by atoms with Crippen LogP contribution in [0.5, 0.6) is 0 Å². The van der Waals surface area contributed by atoms with E-state index in [4.69, 9.17) is 5.73 Å². The molecular weight excluding hydrogens is 373 g/mol. The Kier molecular flexibility index (Phi) is 6.21. The maximum absolute atomic E-state index is 12.1. The quantitative estimate of drug-likeness (QED) is 0.735. The first-order chi connectivity index (χ1) is 9.57. The lowest BCUT2D eigenvalue weighted by Gasteiger charge is -2.12. The van der Waals surface area contributed by atoms with E-state index >= 15 is 0 Å². The summed E-state index contributed by atoms with van der Waals surface area (Å²) < 4.78 is 62.9. The van der Waals surface area contributed by atoms with Crippen molar-refractivity contribution in [3.8, 4) is 0 Å². The van der Waals surface area contributed by atoms with Crippen LogP contribution in [0, 0.1) is 6.92 Å². The molecule has 0 bridgehead atoms. The zero-order chi connectivity index (χ0) is 16.3. The Morgan fingerprint density at radius 2 is 1.95 bits per heavy atom. The Labute approximate surface area is 130 Å². The van der Waals surface area contributed by atoms with E-state index in [0.29, 0.717) is 15.6 Å². The molecule has 1 aromatic carbocycles. The normalized spacial score (nSPS) is 12.7. The molecule has 0 aromatic heterocycles. The number of benzene rings is 1. The van der Waals surface area contributed by atoms with Crippen molar-refractivity contribution in [2.45, 2.75) is 37.4 Å². The summed E-state index contributed by atoms with van der Waals surface area (Å²) in [6.07, 6.45) is -5.63. The van der Waals surface area contributed by atoms with Crippen molar-refractivity contribution in [3.05, 3.63) is 27.7 Å². The SMILES string of the molecule is Cc1cc(CN)cc(S(=O)(=O)NCCCC(F)(F)F)c1Br. The topological polar surface area (TPSA) is 72.2 Å². The maximum atomic E-state index is 12.1. The zero-order valence-electron chi connectivity index (χ0n) is 11.3. The molecule has 0 aliphatic rings. The summed E-state index contributed by atoms with van der Waals surface area (Å²) in [7, 11) is -3.88. The van der Waals surface area contributed by atoms with Crippen LogP contribution in [0.4, 0.5) is 13.2 Å². The highest BCUT2D eigenvalue weighted by atomic mass is 79.9. The fourth-order valence-electron chi connectivity index (χ4n) is 1.70. The summed E-state index contributed by atoms with van der Waals surface area (Å²) in [6, 6.07) is 3.15. The average Bonchev–Trinajstić information content (AvgIpc) is 2.36. The van der Waals surface area contributed by atoms with Crippen LogP contribution in [-0.4, -0.2) is 21.1 Å². The van der Waals surface area contributed by atoms with Gasteiger partial charge in [0, 0.05) is 24.0 Å². The highest BCUT2D eigenvalue weighted by molar-refractivity contribution is 9.10. The third-order valence-corrected chi connectivity index (χ3v) is 5.54. The number of rotatable bonds is 6. The van der Waals surface area contributed by atoms with Gasteiger partial charge in [0.15, 0.2) is 0 Å². The Bertz CT molecular complexity index is 603. The van der Waals surface area contributed by atoms with Crippen LogP contribution in [0.2, 0.25) is 0 Å². The first-order valence-corrected chi connectivity index (χ1v) is 8.40. The summed E-state index contributed by atoms with van der Waals surface area (Å²) >= 11 is 3.18. The van der Waals surface area contributed by atoms with E-state index in [1.165, 1.54) is 6.07 Å².